The van der Waals surface area contributed by atoms with Gasteiger partial charge in [-0.1, -0.05) is 122 Å². The van der Waals surface area contributed by atoms with Crippen molar-refractivity contribution in [3.8, 4) is 11.5 Å². The van der Waals surface area contributed by atoms with E-state index in [0.29, 0.717) is 24.2 Å². The summed E-state index contributed by atoms with van der Waals surface area (Å²) in [5, 5.41) is 5.38. The van der Waals surface area contributed by atoms with Crippen LogP contribution in [0.5, 0.6) is 11.5 Å². The molecule has 290 valence electrons. The summed E-state index contributed by atoms with van der Waals surface area (Å²) in [5.74, 6) is 2.09. The van der Waals surface area contributed by atoms with Gasteiger partial charge in [-0.25, -0.2) is 0 Å². The Bertz CT molecular complexity index is 2230. The Morgan fingerprint density at radius 2 is 1.05 bits per heavy atom. The molecule has 4 heteroatoms. The first-order valence-electron chi connectivity index (χ1n) is 20.8. The molecular weight excluding hydrogens is 685 g/mol. The third kappa shape index (κ3) is 8.28. The molecule has 56 heavy (non-hydrogen) atoms. The van der Waals surface area contributed by atoms with Gasteiger partial charge in [-0.3, -0.25) is 9.80 Å². The number of fused-ring (bicyclic) bond motifs is 4. The summed E-state index contributed by atoms with van der Waals surface area (Å²) in [4.78, 5) is 5.36. The predicted molar refractivity (Wildman–Crippen MR) is 236 cm³/mol. The lowest BCUT2D eigenvalue weighted by Crippen LogP contribution is -2.41. The Balaban J connectivity index is 0.000000172. The summed E-state index contributed by atoms with van der Waals surface area (Å²) in [6.07, 6.45) is 9.92. The Morgan fingerprint density at radius 3 is 1.54 bits per heavy atom. The minimum Gasteiger partial charge on any atom is -0.496 e. The van der Waals surface area contributed by atoms with Gasteiger partial charge < -0.3 is 9.47 Å². The van der Waals surface area contributed by atoms with Crippen molar-refractivity contribution in [1.82, 2.24) is 9.80 Å². The topological polar surface area (TPSA) is 24.9 Å². The van der Waals surface area contributed by atoms with Crippen LogP contribution in [0.3, 0.4) is 0 Å². The van der Waals surface area contributed by atoms with Crippen molar-refractivity contribution in [2.24, 2.45) is 0 Å². The Kier molecular flexibility index (Phi) is 12.9. The molecule has 0 saturated heterocycles. The van der Waals surface area contributed by atoms with Crippen LogP contribution in [0.2, 0.25) is 0 Å². The normalized spacial score (nSPS) is 17.4. The molecule has 4 atom stereocenters. The Labute approximate surface area is 335 Å². The molecule has 0 heterocycles. The minimum absolute atomic E-state index is 0.334. The summed E-state index contributed by atoms with van der Waals surface area (Å²) < 4.78 is 11.2. The van der Waals surface area contributed by atoms with E-state index in [1.165, 1.54) is 67.8 Å². The summed E-state index contributed by atoms with van der Waals surface area (Å²) in [7, 11) is 3.56. The van der Waals surface area contributed by atoms with Crippen molar-refractivity contribution in [2.45, 2.75) is 89.9 Å². The largest absolute Gasteiger partial charge is 0.496 e. The molecule has 0 N–H and O–H groups in total. The maximum absolute atomic E-state index is 5.61. The van der Waals surface area contributed by atoms with Crippen molar-refractivity contribution in [3.63, 3.8) is 0 Å². The Hall–Kier alpha value is -4.90. The van der Waals surface area contributed by atoms with Crippen LogP contribution in [0.4, 0.5) is 0 Å². The van der Waals surface area contributed by atoms with Crippen LogP contribution in [0, 0.1) is 0 Å². The second-order valence-corrected chi connectivity index (χ2v) is 15.7. The van der Waals surface area contributed by atoms with Crippen molar-refractivity contribution in [3.05, 3.63) is 167 Å². The van der Waals surface area contributed by atoms with Crippen LogP contribution >= 0.6 is 0 Å². The number of methoxy groups -OCH3 is 2. The fraction of sp³-hybridized carbons (Fsp3) is 0.346. The molecule has 0 aromatic heterocycles. The van der Waals surface area contributed by atoms with E-state index in [9.17, 15) is 0 Å². The highest BCUT2D eigenvalue weighted by Gasteiger charge is 2.31. The van der Waals surface area contributed by atoms with Crippen molar-refractivity contribution in [1.29, 1.82) is 0 Å². The fourth-order valence-corrected chi connectivity index (χ4v) is 9.76. The highest BCUT2D eigenvalue weighted by atomic mass is 16.5. The summed E-state index contributed by atoms with van der Waals surface area (Å²) in [6.45, 7) is 13.1. The molecular formula is C52H60N2O2. The number of rotatable bonds is 12. The molecule has 0 bridgehead atoms. The first-order valence-corrected chi connectivity index (χ1v) is 20.8. The lowest BCUT2D eigenvalue weighted by atomic mass is 9.85. The fourth-order valence-electron chi connectivity index (χ4n) is 9.76. The summed E-state index contributed by atoms with van der Waals surface area (Å²) in [5.41, 5.74) is 8.53. The minimum atomic E-state index is 0.334. The van der Waals surface area contributed by atoms with Crippen LogP contribution in [0.15, 0.2) is 134 Å². The van der Waals surface area contributed by atoms with Gasteiger partial charge in [0, 0.05) is 30.7 Å². The average molecular weight is 745 g/mol. The number of ether oxygens (including phenoxy) is 2. The van der Waals surface area contributed by atoms with Gasteiger partial charge in [0.15, 0.2) is 0 Å². The predicted octanol–water partition coefficient (Wildman–Crippen LogP) is 12.1. The van der Waals surface area contributed by atoms with E-state index in [1.807, 2.05) is 6.08 Å². The number of benzene rings is 6. The molecule has 2 aliphatic carbocycles. The maximum Gasteiger partial charge on any atom is 0.122 e. The van der Waals surface area contributed by atoms with E-state index in [0.717, 1.165) is 56.7 Å². The highest BCUT2D eigenvalue weighted by molar-refractivity contribution is 5.86. The van der Waals surface area contributed by atoms with E-state index < -0.39 is 0 Å². The van der Waals surface area contributed by atoms with Gasteiger partial charge in [-0.05, 0) is 132 Å². The van der Waals surface area contributed by atoms with E-state index in [-0.39, 0.29) is 0 Å². The number of nitrogens with zero attached hydrogens (tertiary/aromatic N) is 2. The molecule has 0 amide bonds. The van der Waals surface area contributed by atoms with Gasteiger partial charge in [0.05, 0.1) is 14.2 Å². The van der Waals surface area contributed by atoms with Gasteiger partial charge in [-0.2, -0.15) is 0 Å². The molecule has 0 fully saturated rings. The first-order chi connectivity index (χ1) is 27.4. The number of hydrogen-bond donors (Lipinski definition) is 0. The van der Waals surface area contributed by atoms with Crippen LogP contribution in [-0.2, 0) is 25.7 Å². The zero-order valence-electron chi connectivity index (χ0n) is 34.2. The quantitative estimate of drug-likeness (QED) is 0.117. The molecule has 8 rings (SSSR count). The second-order valence-electron chi connectivity index (χ2n) is 15.7. The van der Waals surface area contributed by atoms with Crippen LogP contribution < -0.4 is 9.47 Å². The number of hydrogen-bond acceptors (Lipinski definition) is 4. The molecule has 6 aromatic carbocycles. The van der Waals surface area contributed by atoms with E-state index in [1.54, 1.807) is 14.2 Å². The molecule has 0 aliphatic heterocycles. The molecule has 0 spiro atoms. The van der Waals surface area contributed by atoms with Crippen LogP contribution in [-0.4, -0.2) is 49.2 Å². The third-order valence-corrected chi connectivity index (χ3v) is 12.6. The third-order valence-electron chi connectivity index (χ3n) is 12.6. The zero-order chi connectivity index (χ0) is 39.0. The molecule has 2 aliphatic rings. The summed E-state index contributed by atoms with van der Waals surface area (Å²) in [6, 6.07) is 45.7. The lowest BCUT2D eigenvalue weighted by Gasteiger charge is -2.40. The van der Waals surface area contributed by atoms with Crippen LogP contribution in [0.1, 0.15) is 85.5 Å². The first kappa shape index (κ1) is 39.3. The lowest BCUT2D eigenvalue weighted by molar-refractivity contribution is 0.131. The van der Waals surface area contributed by atoms with Crippen molar-refractivity contribution < 1.29 is 9.47 Å². The van der Waals surface area contributed by atoms with Gasteiger partial charge in [0.2, 0.25) is 0 Å². The molecule has 0 saturated carbocycles. The second kappa shape index (κ2) is 18.4. The van der Waals surface area contributed by atoms with Gasteiger partial charge >= 0.3 is 0 Å². The maximum atomic E-state index is 5.61. The van der Waals surface area contributed by atoms with E-state index in [4.69, 9.17) is 9.47 Å². The monoisotopic (exact) mass is 744 g/mol. The highest BCUT2D eigenvalue weighted by Crippen LogP contribution is 2.38. The van der Waals surface area contributed by atoms with E-state index >= 15 is 0 Å². The van der Waals surface area contributed by atoms with E-state index in [2.05, 4.69) is 158 Å². The Morgan fingerprint density at radius 1 is 0.607 bits per heavy atom. The van der Waals surface area contributed by atoms with Gasteiger partial charge in [-0.15, -0.1) is 6.58 Å². The van der Waals surface area contributed by atoms with Gasteiger partial charge in [0.1, 0.15) is 11.5 Å². The SMILES string of the molecule is C=CCN([C@H]1CCc2c(cccc2OC)C1)[C@H](C)c1cccc2ccccc12.CCCN([C@H]1CCc2c(cccc2OC)C1)[C@H](C)c1cccc2ccccc12. The van der Waals surface area contributed by atoms with Crippen molar-refractivity contribution in [2.75, 3.05) is 27.3 Å². The van der Waals surface area contributed by atoms with Gasteiger partial charge in [0.25, 0.3) is 0 Å². The molecule has 0 unspecified atom stereocenters. The average Bonchev–Trinajstić information content (AvgIpc) is 3.25. The summed E-state index contributed by atoms with van der Waals surface area (Å²) >= 11 is 0. The van der Waals surface area contributed by atoms with Crippen LogP contribution in [0.25, 0.3) is 21.5 Å². The smallest absolute Gasteiger partial charge is 0.122 e. The standard InChI is InChI=1S/C26H31NO.C26H29NO/c2*1-4-17-27(19(2)23-13-7-10-20-9-5-6-12-24(20)23)22-15-16-25-21(18-22)11-8-14-26(25)28-3/h5-14,19,22H,4,15-18H2,1-3H3;4-14,19,22H,1,15-18H2,2-3H3/t2*19-,22+/m11/s1. The zero-order valence-corrected chi connectivity index (χ0v) is 34.2. The molecule has 6 aromatic rings. The molecule has 0 radical (unpaired) electrons. The molecule has 4 nitrogen and oxygen atoms in total. The van der Waals surface area contributed by atoms with Crippen molar-refractivity contribution >= 4 is 21.5 Å².